The minimum Gasteiger partial charge on any atom is -0.323 e. The molecule has 0 aliphatic rings. The lowest BCUT2D eigenvalue weighted by atomic mass is 10.1. The third kappa shape index (κ3) is 2.74. The van der Waals surface area contributed by atoms with Crippen molar-refractivity contribution in [2.45, 2.75) is 6.92 Å². The lowest BCUT2D eigenvalue weighted by molar-refractivity contribution is 0.102. The van der Waals surface area contributed by atoms with Gasteiger partial charge in [0.05, 0.1) is 6.20 Å². The number of hydrogen-bond acceptors (Lipinski definition) is 5. The maximum absolute atomic E-state index is 13.1. The van der Waals surface area contributed by atoms with Gasteiger partial charge in [-0.3, -0.25) is 9.89 Å². The van der Waals surface area contributed by atoms with E-state index < -0.39 is 5.82 Å². The molecule has 0 radical (unpaired) electrons. The second-order valence-corrected chi connectivity index (χ2v) is 5.49. The average Bonchev–Trinajstić information content (AvgIpc) is 3.25. The molecule has 4 aromatic rings. The second kappa shape index (κ2) is 5.82. The molecule has 25 heavy (non-hydrogen) atoms. The number of anilines is 2. The molecule has 0 fully saturated rings. The van der Waals surface area contributed by atoms with Crippen LogP contribution in [0.2, 0.25) is 0 Å². The molecule has 0 unspecified atom stereocenters. The molecular formula is C17H13FN6O. The number of nitrogens with zero attached hydrogens (tertiary/aromatic N) is 4. The van der Waals surface area contributed by atoms with E-state index in [0.29, 0.717) is 17.2 Å². The highest BCUT2D eigenvalue weighted by Crippen LogP contribution is 2.21. The highest BCUT2D eigenvalue weighted by Gasteiger charge is 2.17. The van der Waals surface area contributed by atoms with Gasteiger partial charge in [-0.25, -0.2) is 13.9 Å². The first-order valence-electron chi connectivity index (χ1n) is 7.55. The molecule has 8 heteroatoms. The number of halogens is 1. The molecule has 2 N–H and O–H groups in total. The number of nitrogens with one attached hydrogen (secondary N) is 2. The summed E-state index contributed by atoms with van der Waals surface area (Å²) in [4.78, 5) is 17.0. The number of rotatable bonds is 4. The number of carbonyl (C=O) groups is 1. The van der Waals surface area contributed by atoms with Crippen LogP contribution in [0.3, 0.4) is 0 Å². The third-order valence-corrected chi connectivity index (χ3v) is 3.76. The molecular weight excluding hydrogens is 323 g/mol. The summed E-state index contributed by atoms with van der Waals surface area (Å²) in [6, 6.07) is 10.8. The van der Waals surface area contributed by atoms with Crippen LogP contribution >= 0.6 is 0 Å². The summed E-state index contributed by atoms with van der Waals surface area (Å²) in [7, 11) is 0. The first kappa shape index (κ1) is 15.0. The standard InChI is InChI=1S/C17H13FN6O/c1-10-2-7-13-16(20-14-8-9-19-22-14)21-17(23-24(10)13)15(25)11-3-5-12(18)6-4-11/h2-9H,1H3,(H2,19,20,21,22,23). The van der Waals surface area contributed by atoms with E-state index in [1.54, 1.807) is 16.8 Å². The number of hydrogen-bond donors (Lipinski definition) is 2. The first-order valence-corrected chi connectivity index (χ1v) is 7.55. The van der Waals surface area contributed by atoms with Gasteiger partial charge in [0.1, 0.15) is 17.2 Å². The zero-order valence-electron chi connectivity index (χ0n) is 13.2. The quantitative estimate of drug-likeness (QED) is 0.560. The van der Waals surface area contributed by atoms with Gasteiger partial charge in [-0.2, -0.15) is 5.10 Å². The van der Waals surface area contributed by atoms with Crippen LogP contribution < -0.4 is 5.32 Å². The molecule has 4 rings (SSSR count). The van der Waals surface area contributed by atoms with Gasteiger partial charge in [-0.1, -0.05) is 0 Å². The predicted molar refractivity (Wildman–Crippen MR) is 89.4 cm³/mol. The van der Waals surface area contributed by atoms with Gasteiger partial charge in [-0.05, 0) is 43.3 Å². The van der Waals surface area contributed by atoms with Crippen molar-refractivity contribution in [3.8, 4) is 0 Å². The fraction of sp³-hybridized carbons (Fsp3) is 0.0588. The molecule has 3 heterocycles. The number of aromatic amines is 1. The number of carbonyl (C=O) groups excluding carboxylic acids is 1. The second-order valence-electron chi connectivity index (χ2n) is 5.49. The van der Waals surface area contributed by atoms with E-state index in [4.69, 9.17) is 0 Å². The van der Waals surface area contributed by atoms with Crippen LogP contribution in [-0.2, 0) is 0 Å². The van der Waals surface area contributed by atoms with E-state index in [1.165, 1.54) is 24.3 Å². The van der Waals surface area contributed by atoms with Crippen LogP contribution in [0.4, 0.5) is 16.0 Å². The highest BCUT2D eigenvalue weighted by atomic mass is 19.1. The molecule has 124 valence electrons. The maximum Gasteiger partial charge on any atom is 0.232 e. The average molecular weight is 336 g/mol. The number of aryl methyl sites for hydroxylation is 1. The highest BCUT2D eigenvalue weighted by molar-refractivity contribution is 6.06. The third-order valence-electron chi connectivity index (χ3n) is 3.76. The number of H-pyrrole nitrogens is 1. The van der Waals surface area contributed by atoms with E-state index in [0.717, 1.165) is 11.2 Å². The van der Waals surface area contributed by atoms with Gasteiger partial charge in [0.2, 0.25) is 11.6 Å². The monoisotopic (exact) mass is 336 g/mol. The molecule has 3 aromatic heterocycles. The van der Waals surface area contributed by atoms with E-state index >= 15 is 0 Å². The zero-order valence-corrected chi connectivity index (χ0v) is 13.2. The summed E-state index contributed by atoms with van der Waals surface area (Å²) in [6.45, 7) is 1.88. The fourth-order valence-corrected chi connectivity index (χ4v) is 2.49. The minimum atomic E-state index is -0.407. The number of benzene rings is 1. The normalized spacial score (nSPS) is 11.0. The van der Waals surface area contributed by atoms with E-state index in [-0.39, 0.29) is 11.6 Å². The number of ketones is 1. The molecule has 7 nitrogen and oxygen atoms in total. The Morgan fingerprint density at radius 3 is 2.68 bits per heavy atom. The Kier molecular flexibility index (Phi) is 3.50. The molecule has 0 saturated heterocycles. The Labute approximate surface area is 141 Å². The zero-order chi connectivity index (χ0) is 17.4. The Bertz CT molecular complexity index is 1050. The largest absolute Gasteiger partial charge is 0.323 e. The van der Waals surface area contributed by atoms with Crippen molar-refractivity contribution in [2.24, 2.45) is 0 Å². The van der Waals surface area contributed by atoms with Crippen molar-refractivity contribution in [1.29, 1.82) is 0 Å². The van der Waals surface area contributed by atoms with E-state index in [2.05, 4.69) is 25.6 Å². The summed E-state index contributed by atoms with van der Waals surface area (Å²) >= 11 is 0. The van der Waals surface area contributed by atoms with Gasteiger partial charge in [-0.15, -0.1) is 5.10 Å². The van der Waals surface area contributed by atoms with Crippen LogP contribution in [0.5, 0.6) is 0 Å². The van der Waals surface area contributed by atoms with E-state index in [1.807, 2.05) is 19.1 Å². The van der Waals surface area contributed by atoms with Crippen molar-refractivity contribution >= 4 is 22.9 Å². The van der Waals surface area contributed by atoms with Crippen molar-refractivity contribution < 1.29 is 9.18 Å². The molecule has 0 aliphatic carbocycles. The predicted octanol–water partition coefficient (Wildman–Crippen LogP) is 2.87. The molecule has 0 amide bonds. The van der Waals surface area contributed by atoms with Gasteiger partial charge < -0.3 is 5.32 Å². The summed E-state index contributed by atoms with van der Waals surface area (Å²) in [5, 5.41) is 14.1. The smallest absolute Gasteiger partial charge is 0.232 e. The lowest BCUT2D eigenvalue weighted by Crippen LogP contribution is -2.13. The molecule has 0 atom stereocenters. The van der Waals surface area contributed by atoms with Gasteiger partial charge in [0.25, 0.3) is 0 Å². The maximum atomic E-state index is 13.1. The molecule has 0 spiro atoms. The molecule has 0 bridgehead atoms. The minimum absolute atomic E-state index is 0.0143. The summed E-state index contributed by atoms with van der Waals surface area (Å²) < 4.78 is 14.7. The van der Waals surface area contributed by atoms with Crippen LogP contribution in [0.1, 0.15) is 21.9 Å². The van der Waals surface area contributed by atoms with Crippen molar-refractivity contribution in [1.82, 2.24) is 24.8 Å². The number of fused-ring (bicyclic) bond motifs is 1. The van der Waals surface area contributed by atoms with Crippen LogP contribution in [0.25, 0.3) is 5.52 Å². The summed E-state index contributed by atoms with van der Waals surface area (Å²) in [5.74, 6) is 0.330. The lowest BCUT2D eigenvalue weighted by Gasteiger charge is -2.08. The number of aromatic nitrogens is 5. The fourth-order valence-electron chi connectivity index (χ4n) is 2.49. The van der Waals surface area contributed by atoms with E-state index in [9.17, 15) is 9.18 Å². The van der Waals surface area contributed by atoms with Crippen LogP contribution in [0, 0.1) is 12.7 Å². The Balaban J connectivity index is 1.82. The van der Waals surface area contributed by atoms with Crippen molar-refractivity contribution in [3.63, 3.8) is 0 Å². The topological polar surface area (TPSA) is 88.0 Å². The Morgan fingerprint density at radius 2 is 1.96 bits per heavy atom. The van der Waals surface area contributed by atoms with Crippen LogP contribution in [-0.4, -0.2) is 30.6 Å². The van der Waals surface area contributed by atoms with Gasteiger partial charge in [0.15, 0.2) is 5.82 Å². The van der Waals surface area contributed by atoms with Crippen molar-refractivity contribution in [2.75, 3.05) is 5.32 Å². The van der Waals surface area contributed by atoms with Crippen molar-refractivity contribution in [3.05, 3.63) is 71.6 Å². The molecule has 0 saturated carbocycles. The molecule has 1 aromatic carbocycles. The first-order chi connectivity index (χ1) is 12.1. The van der Waals surface area contributed by atoms with Crippen LogP contribution in [0.15, 0.2) is 48.7 Å². The molecule has 0 aliphatic heterocycles. The SMILES string of the molecule is Cc1ccc2c(Nc3ccn[nH]3)nc(C(=O)c3ccc(F)cc3)nn12. The van der Waals surface area contributed by atoms with Gasteiger partial charge >= 0.3 is 0 Å². The summed E-state index contributed by atoms with van der Waals surface area (Å²) in [6.07, 6.45) is 1.61. The summed E-state index contributed by atoms with van der Waals surface area (Å²) in [5.41, 5.74) is 1.90. The van der Waals surface area contributed by atoms with Gasteiger partial charge in [0, 0.05) is 17.3 Å². The Hall–Kier alpha value is -3.55. The Morgan fingerprint density at radius 1 is 1.16 bits per heavy atom.